The van der Waals surface area contributed by atoms with E-state index in [4.69, 9.17) is 23.2 Å². The summed E-state index contributed by atoms with van der Waals surface area (Å²) in [6.45, 7) is 0. The minimum Gasteiger partial charge on any atom is -0.373 e. The monoisotopic (exact) mass is 520 g/mol. The van der Waals surface area contributed by atoms with Gasteiger partial charge in [-0.1, -0.05) is 29.3 Å². The molecule has 2 aromatic carbocycles. The maximum Gasteiger partial charge on any atom is 0.141 e. The third-order valence-electron chi connectivity index (χ3n) is 5.58. The fraction of sp³-hybridized carbons (Fsp3) is 0.0800. The lowest BCUT2D eigenvalue weighted by molar-refractivity contribution is 0.326. The van der Waals surface area contributed by atoms with Crippen molar-refractivity contribution >= 4 is 51.2 Å². The molecule has 1 aliphatic rings. The number of rotatable bonds is 6. The molecule has 0 saturated carbocycles. The molecular formula is C25H19Cl2FN8. The maximum atomic E-state index is 13.7. The quantitative estimate of drug-likeness (QED) is 0.259. The van der Waals surface area contributed by atoms with Crippen molar-refractivity contribution in [2.45, 2.75) is 6.04 Å². The predicted octanol–water partition coefficient (Wildman–Crippen LogP) is 5.64. The summed E-state index contributed by atoms with van der Waals surface area (Å²) in [5.41, 5.74) is 10.5. The summed E-state index contributed by atoms with van der Waals surface area (Å²) in [7, 11) is 1.88. The Morgan fingerprint density at radius 1 is 1.11 bits per heavy atom. The molecule has 4 N–H and O–H groups in total. The van der Waals surface area contributed by atoms with Gasteiger partial charge in [0.2, 0.25) is 0 Å². The largest absolute Gasteiger partial charge is 0.373 e. The molecule has 4 aromatic rings. The smallest absolute Gasteiger partial charge is 0.141 e. The van der Waals surface area contributed by atoms with Crippen LogP contribution in [0.25, 0.3) is 10.9 Å². The summed E-state index contributed by atoms with van der Waals surface area (Å²) in [5.74, 6) is -0.534. The van der Waals surface area contributed by atoms with Gasteiger partial charge in [-0.3, -0.25) is 15.0 Å². The highest BCUT2D eigenvalue weighted by atomic mass is 35.5. The summed E-state index contributed by atoms with van der Waals surface area (Å²) in [4.78, 5) is 8.65. The average molecular weight is 521 g/mol. The molecule has 1 aliphatic heterocycles. The zero-order valence-corrected chi connectivity index (χ0v) is 20.4. The Labute approximate surface area is 216 Å². The van der Waals surface area contributed by atoms with Gasteiger partial charge in [-0.25, -0.2) is 4.39 Å². The number of hydrazine groups is 2. The Kier molecular flexibility index (Phi) is 6.48. The van der Waals surface area contributed by atoms with Gasteiger partial charge in [0, 0.05) is 48.6 Å². The number of hydrogen-bond donors (Lipinski definition) is 4. The Morgan fingerprint density at radius 2 is 1.94 bits per heavy atom. The van der Waals surface area contributed by atoms with Crippen LogP contribution in [0, 0.1) is 17.1 Å². The van der Waals surface area contributed by atoms with Gasteiger partial charge < -0.3 is 16.1 Å². The van der Waals surface area contributed by atoms with Crippen molar-refractivity contribution in [1.82, 2.24) is 25.9 Å². The summed E-state index contributed by atoms with van der Waals surface area (Å²) >= 11 is 12.6. The molecule has 5 rings (SSSR count). The number of anilines is 3. The predicted molar refractivity (Wildman–Crippen MR) is 139 cm³/mol. The zero-order chi connectivity index (χ0) is 25.2. The summed E-state index contributed by atoms with van der Waals surface area (Å²) in [6, 6.07) is 13.6. The molecule has 36 heavy (non-hydrogen) atoms. The summed E-state index contributed by atoms with van der Waals surface area (Å²) in [5, 5.41) is 19.2. The molecule has 0 unspecified atom stereocenters. The highest BCUT2D eigenvalue weighted by Crippen LogP contribution is 2.37. The van der Waals surface area contributed by atoms with Crippen LogP contribution in [0.15, 0.2) is 73.0 Å². The topological polar surface area (TPSA) is 101 Å². The van der Waals surface area contributed by atoms with E-state index in [1.165, 1.54) is 18.3 Å². The fourth-order valence-corrected chi connectivity index (χ4v) is 4.36. The highest BCUT2D eigenvalue weighted by molar-refractivity contribution is 6.36. The van der Waals surface area contributed by atoms with Gasteiger partial charge in [-0.15, -0.1) is 5.53 Å². The number of aromatic nitrogens is 2. The van der Waals surface area contributed by atoms with Crippen LogP contribution in [-0.2, 0) is 0 Å². The number of nitrogens with zero attached hydrogens (tertiary/aromatic N) is 4. The highest BCUT2D eigenvalue weighted by Gasteiger charge is 2.22. The van der Waals surface area contributed by atoms with E-state index in [2.05, 4.69) is 37.6 Å². The number of hydrogen-bond acceptors (Lipinski definition) is 8. The lowest BCUT2D eigenvalue weighted by atomic mass is 10.0. The molecule has 180 valence electrons. The van der Waals surface area contributed by atoms with E-state index in [1.807, 2.05) is 31.4 Å². The molecule has 3 heterocycles. The lowest BCUT2D eigenvalue weighted by Crippen LogP contribution is -2.35. The minimum absolute atomic E-state index is 0.0347. The van der Waals surface area contributed by atoms with E-state index in [9.17, 15) is 9.65 Å². The third kappa shape index (κ3) is 4.70. The molecule has 0 amide bonds. The van der Waals surface area contributed by atoms with E-state index >= 15 is 0 Å². The first-order chi connectivity index (χ1) is 17.4. The SMILES string of the molecule is CN1C=C([C@H](Nc2cc(Cl)c3ncc(C#N)c(Nc4ccc(F)c(Cl)c4)c3c2)c2cccnc2)NN1. The van der Waals surface area contributed by atoms with Gasteiger partial charge in [-0.05, 0) is 42.0 Å². The molecular weight excluding hydrogens is 502 g/mol. The van der Waals surface area contributed by atoms with Crippen LogP contribution in [0.1, 0.15) is 17.2 Å². The second-order valence-corrected chi connectivity index (χ2v) is 8.88. The van der Waals surface area contributed by atoms with Gasteiger partial charge in [0.15, 0.2) is 0 Å². The summed E-state index contributed by atoms with van der Waals surface area (Å²) in [6.07, 6.45) is 6.86. The Morgan fingerprint density at radius 3 is 2.64 bits per heavy atom. The standard InChI is InChI=1S/C25H19Cl2FN8/c1-36-13-22(34-35-36)24(14-3-2-6-30-11-14)33-17-7-18-23(32-16-4-5-21(28)19(26)8-16)15(10-29)12-31-25(18)20(27)9-17/h2-9,11-13,24,33-35H,1H3,(H,31,32)/t24-/m1/s1. The molecule has 1 atom stereocenters. The molecule has 8 nitrogen and oxygen atoms in total. The number of nitriles is 1. The van der Waals surface area contributed by atoms with Gasteiger partial charge in [0.05, 0.1) is 38.6 Å². The minimum atomic E-state index is -0.534. The summed E-state index contributed by atoms with van der Waals surface area (Å²) < 4.78 is 13.7. The molecule has 0 aliphatic carbocycles. The normalized spacial score (nSPS) is 13.6. The van der Waals surface area contributed by atoms with Crippen molar-refractivity contribution in [2.75, 3.05) is 17.7 Å². The lowest BCUT2D eigenvalue weighted by Gasteiger charge is -2.22. The van der Waals surface area contributed by atoms with Gasteiger partial charge in [-0.2, -0.15) is 5.26 Å². The first-order valence-electron chi connectivity index (χ1n) is 10.8. The molecule has 0 fully saturated rings. The van der Waals surface area contributed by atoms with E-state index < -0.39 is 5.82 Å². The van der Waals surface area contributed by atoms with Crippen molar-refractivity contribution < 1.29 is 4.39 Å². The first-order valence-corrected chi connectivity index (χ1v) is 11.6. The van der Waals surface area contributed by atoms with Gasteiger partial charge in [0.1, 0.15) is 11.9 Å². The number of halogens is 3. The number of pyridine rings is 2. The molecule has 0 radical (unpaired) electrons. The van der Waals surface area contributed by atoms with E-state index in [1.54, 1.807) is 29.5 Å². The van der Waals surface area contributed by atoms with Crippen LogP contribution in [0.3, 0.4) is 0 Å². The molecule has 0 spiro atoms. The second kappa shape index (κ2) is 9.87. The van der Waals surface area contributed by atoms with Crippen molar-refractivity contribution in [2.24, 2.45) is 0 Å². The van der Waals surface area contributed by atoms with E-state index in [0.29, 0.717) is 38.6 Å². The van der Waals surface area contributed by atoms with Crippen molar-refractivity contribution in [1.29, 1.82) is 5.26 Å². The maximum absolute atomic E-state index is 13.7. The molecule has 11 heteroatoms. The molecule has 2 aromatic heterocycles. The molecule has 0 saturated heterocycles. The van der Waals surface area contributed by atoms with Gasteiger partial charge in [0.25, 0.3) is 0 Å². The van der Waals surface area contributed by atoms with Crippen LogP contribution in [-0.4, -0.2) is 22.0 Å². The number of nitrogens with one attached hydrogen (secondary N) is 4. The Bertz CT molecular complexity index is 1520. The zero-order valence-electron chi connectivity index (χ0n) is 18.9. The van der Waals surface area contributed by atoms with Crippen LogP contribution in [0.4, 0.5) is 21.5 Å². The second-order valence-electron chi connectivity index (χ2n) is 8.06. The van der Waals surface area contributed by atoms with Gasteiger partial charge >= 0.3 is 0 Å². The van der Waals surface area contributed by atoms with Crippen molar-refractivity contribution in [3.8, 4) is 6.07 Å². The van der Waals surface area contributed by atoms with E-state index in [0.717, 1.165) is 11.3 Å². The van der Waals surface area contributed by atoms with Crippen LogP contribution >= 0.6 is 23.2 Å². The Balaban J connectivity index is 1.60. The fourth-order valence-electron chi connectivity index (χ4n) is 3.91. The van der Waals surface area contributed by atoms with Crippen molar-refractivity contribution in [3.63, 3.8) is 0 Å². The van der Waals surface area contributed by atoms with Crippen LogP contribution in [0.5, 0.6) is 0 Å². The Hall–Kier alpha value is -4.10. The third-order valence-corrected chi connectivity index (χ3v) is 6.16. The molecule has 0 bridgehead atoms. The number of benzene rings is 2. The van der Waals surface area contributed by atoms with E-state index in [-0.39, 0.29) is 11.1 Å². The average Bonchev–Trinajstić information content (AvgIpc) is 3.31. The van der Waals surface area contributed by atoms with Crippen LogP contribution in [0.2, 0.25) is 10.0 Å². The number of fused-ring (bicyclic) bond motifs is 1. The van der Waals surface area contributed by atoms with Crippen molar-refractivity contribution in [3.05, 3.63) is 99.9 Å². The van der Waals surface area contributed by atoms with Crippen LogP contribution < -0.4 is 21.6 Å². The first kappa shape index (κ1) is 23.6.